The van der Waals surface area contributed by atoms with Gasteiger partial charge in [-0.1, -0.05) is 30.3 Å². The Balaban J connectivity index is 1.34. The molecule has 4 heterocycles. The van der Waals surface area contributed by atoms with E-state index in [1.165, 1.54) is 0 Å². The third kappa shape index (κ3) is 4.52. The summed E-state index contributed by atoms with van der Waals surface area (Å²) in [5, 5.41) is 14.7. The van der Waals surface area contributed by atoms with Crippen LogP contribution in [0.5, 0.6) is 0 Å². The molecule has 0 radical (unpaired) electrons. The number of nitrogens with zero attached hydrogens (tertiary/aromatic N) is 5. The molecule has 1 aliphatic rings. The van der Waals surface area contributed by atoms with Gasteiger partial charge in [-0.05, 0) is 59.6 Å². The smallest absolute Gasteiger partial charge is 0.229 e. The SMILES string of the molecule is Brc1cnn2c(NCc3ccc(-c4ccccn4)cc3)nc(NC3CCNCC3)nc12. The molecule has 31 heavy (non-hydrogen) atoms. The molecule has 158 valence electrons. The molecule has 0 amide bonds. The van der Waals surface area contributed by atoms with Crippen LogP contribution in [0.1, 0.15) is 18.4 Å². The van der Waals surface area contributed by atoms with Gasteiger partial charge in [0.1, 0.15) is 0 Å². The van der Waals surface area contributed by atoms with Crippen molar-refractivity contribution in [2.24, 2.45) is 0 Å². The maximum Gasteiger partial charge on any atom is 0.229 e. The maximum absolute atomic E-state index is 4.70. The van der Waals surface area contributed by atoms with E-state index in [1.54, 1.807) is 10.7 Å². The predicted octanol–water partition coefficient (Wildman–Crippen LogP) is 3.72. The maximum atomic E-state index is 4.70. The van der Waals surface area contributed by atoms with Gasteiger partial charge in [-0.15, -0.1) is 0 Å². The van der Waals surface area contributed by atoms with E-state index in [0.29, 0.717) is 24.5 Å². The zero-order valence-electron chi connectivity index (χ0n) is 16.9. The number of benzene rings is 1. The van der Waals surface area contributed by atoms with Crippen molar-refractivity contribution in [3.05, 3.63) is 64.9 Å². The van der Waals surface area contributed by atoms with E-state index in [-0.39, 0.29) is 0 Å². The molecule has 0 atom stereocenters. The monoisotopic (exact) mass is 478 g/mol. The van der Waals surface area contributed by atoms with E-state index in [1.807, 2.05) is 24.4 Å². The Hall–Kier alpha value is -3.04. The van der Waals surface area contributed by atoms with Gasteiger partial charge in [-0.25, -0.2) is 0 Å². The summed E-state index contributed by atoms with van der Waals surface area (Å²) >= 11 is 3.54. The molecule has 0 unspecified atom stereocenters. The quantitative estimate of drug-likeness (QED) is 0.388. The number of hydrogen-bond acceptors (Lipinski definition) is 7. The zero-order chi connectivity index (χ0) is 21.0. The normalized spacial score (nSPS) is 14.6. The van der Waals surface area contributed by atoms with E-state index in [0.717, 1.165) is 52.9 Å². The average molecular weight is 479 g/mol. The summed E-state index contributed by atoms with van der Waals surface area (Å²) < 4.78 is 2.56. The first-order valence-corrected chi connectivity index (χ1v) is 11.2. The molecule has 9 heteroatoms. The Bertz CT molecular complexity index is 1150. The number of hydrogen-bond donors (Lipinski definition) is 3. The van der Waals surface area contributed by atoms with Crippen molar-refractivity contribution >= 4 is 33.5 Å². The molecule has 1 saturated heterocycles. The Labute approximate surface area is 188 Å². The Kier molecular flexibility index (Phi) is 5.77. The van der Waals surface area contributed by atoms with E-state index in [2.05, 4.69) is 71.2 Å². The van der Waals surface area contributed by atoms with Crippen molar-refractivity contribution in [1.29, 1.82) is 0 Å². The molecule has 3 aromatic heterocycles. The summed E-state index contributed by atoms with van der Waals surface area (Å²) in [6.07, 6.45) is 5.66. The lowest BCUT2D eigenvalue weighted by molar-refractivity contribution is 0.477. The lowest BCUT2D eigenvalue weighted by Crippen LogP contribution is -2.35. The molecule has 5 rings (SSSR count). The molecule has 4 aromatic rings. The lowest BCUT2D eigenvalue weighted by atomic mass is 10.1. The Morgan fingerprint density at radius 1 is 1.06 bits per heavy atom. The molecule has 0 bridgehead atoms. The van der Waals surface area contributed by atoms with Crippen molar-refractivity contribution in [1.82, 2.24) is 29.9 Å². The van der Waals surface area contributed by atoms with E-state index in [9.17, 15) is 0 Å². The minimum Gasteiger partial charge on any atom is -0.351 e. The van der Waals surface area contributed by atoms with Gasteiger partial charge in [0.2, 0.25) is 11.9 Å². The van der Waals surface area contributed by atoms with Crippen LogP contribution in [0.3, 0.4) is 0 Å². The third-order valence-electron chi connectivity index (χ3n) is 5.36. The summed E-state index contributed by atoms with van der Waals surface area (Å²) in [5.74, 6) is 1.27. The molecule has 0 saturated carbocycles. The zero-order valence-corrected chi connectivity index (χ0v) is 18.5. The summed E-state index contributed by atoms with van der Waals surface area (Å²) in [5.41, 5.74) is 3.94. The van der Waals surface area contributed by atoms with Crippen LogP contribution < -0.4 is 16.0 Å². The summed E-state index contributed by atoms with van der Waals surface area (Å²) in [6.45, 7) is 2.64. The highest BCUT2D eigenvalue weighted by Gasteiger charge is 2.17. The lowest BCUT2D eigenvalue weighted by Gasteiger charge is -2.23. The molecule has 1 aromatic carbocycles. The fourth-order valence-electron chi connectivity index (χ4n) is 3.69. The first-order chi connectivity index (χ1) is 15.3. The van der Waals surface area contributed by atoms with Crippen LogP contribution in [0.2, 0.25) is 0 Å². The second kappa shape index (κ2) is 8.99. The standard InChI is InChI=1S/C22H23BrN8/c23-18-14-27-31-20(18)29-21(28-17-8-11-24-12-9-17)30-22(31)26-13-15-4-6-16(7-5-15)19-3-1-2-10-25-19/h1-7,10,14,17,24H,8-9,11-13H2,(H2,26,28,29,30). The van der Waals surface area contributed by atoms with Crippen LogP contribution in [-0.2, 0) is 6.54 Å². The first-order valence-electron chi connectivity index (χ1n) is 10.4. The number of aromatic nitrogens is 5. The number of pyridine rings is 1. The fourth-order valence-corrected chi connectivity index (χ4v) is 4.03. The average Bonchev–Trinajstić information content (AvgIpc) is 3.20. The highest BCUT2D eigenvalue weighted by molar-refractivity contribution is 9.10. The summed E-state index contributed by atoms with van der Waals surface area (Å²) in [6, 6.07) is 14.7. The molecular formula is C22H23BrN8. The third-order valence-corrected chi connectivity index (χ3v) is 5.92. The Morgan fingerprint density at radius 3 is 2.68 bits per heavy atom. The van der Waals surface area contributed by atoms with Gasteiger partial charge >= 0.3 is 0 Å². The number of nitrogens with one attached hydrogen (secondary N) is 3. The van der Waals surface area contributed by atoms with Crippen molar-refractivity contribution in [3.8, 4) is 11.3 Å². The van der Waals surface area contributed by atoms with Crippen LogP contribution in [-0.4, -0.2) is 43.7 Å². The van der Waals surface area contributed by atoms with Gasteiger partial charge in [0.05, 0.1) is 16.4 Å². The Morgan fingerprint density at radius 2 is 1.90 bits per heavy atom. The van der Waals surface area contributed by atoms with Crippen molar-refractivity contribution in [2.45, 2.75) is 25.4 Å². The van der Waals surface area contributed by atoms with Crippen molar-refractivity contribution in [3.63, 3.8) is 0 Å². The molecular weight excluding hydrogens is 456 g/mol. The fraction of sp³-hybridized carbons (Fsp3) is 0.273. The summed E-state index contributed by atoms with van der Waals surface area (Å²) in [7, 11) is 0. The number of halogens is 1. The second-order valence-corrected chi connectivity index (χ2v) is 8.39. The van der Waals surface area contributed by atoms with Crippen LogP contribution in [0.4, 0.5) is 11.9 Å². The molecule has 1 aliphatic heterocycles. The van der Waals surface area contributed by atoms with E-state index < -0.39 is 0 Å². The highest BCUT2D eigenvalue weighted by Crippen LogP contribution is 2.22. The van der Waals surface area contributed by atoms with Crippen molar-refractivity contribution < 1.29 is 0 Å². The molecule has 0 spiro atoms. The minimum absolute atomic E-state index is 0.373. The van der Waals surface area contributed by atoms with Gasteiger partial charge in [-0.3, -0.25) is 4.98 Å². The van der Waals surface area contributed by atoms with Gasteiger partial charge < -0.3 is 16.0 Å². The van der Waals surface area contributed by atoms with Crippen molar-refractivity contribution in [2.75, 3.05) is 23.7 Å². The molecule has 3 N–H and O–H groups in total. The van der Waals surface area contributed by atoms with Gasteiger partial charge in [0.25, 0.3) is 0 Å². The van der Waals surface area contributed by atoms with E-state index in [4.69, 9.17) is 4.98 Å². The van der Waals surface area contributed by atoms with Gasteiger partial charge in [0.15, 0.2) is 5.65 Å². The first kappa shape index (κ1) is 19.9. The number of piperidine rings is 1. The predicted molar refractivity (Wildman–Crippen MR) is 125 cm³/mol. The summed E-state index contributed by atoms with van der Waals surface area (Å²) in [4.78, 5) is 13.8. The number of anilines is 2. The van der Waals surface area contributed by atoms with Gasteiger partial charge in [0, 0.05) is 24.3 Å². The van der Waals surface area contributed by atoms with Crippen LogP contribution in [0, 0.1) is 0 Å². The van der Waals surface area contributed by atoms with E-state index >= 15 is 0 Å². The van der Waals surface area contributed by atoms with Crippen LogP contribution >= 0.6 is 15.9 Å². The largest absolute Gasteiger partial charge is 0.351 e. The van der Waals surface area contributed by atoms with Crippen LogP contribution in [0.15, 0.2) is 59.3 Å². The topological polar surface area (TPSA) is 92.1 Å². The second-order valence-electron chi connectivity index (χ2n) is 7.53. The van der Waals surface area contributed by atoms with Crippen LogP contribution in [0.25, 0.3) is 16.9 Å². The molecule has 0 aliphatic carbocycles. The van der Waals surface area contributed by atoms with Gasteiger partial charge in [-0.2, -0.15) is 19.6 Å². The highest BCUT2D eigenvalue weighted by atomic mass is 79.9. The molecule has 8 nitrogen and oxygen atoms in total. The molecule has 1 fully saturated rings. The minimum atomic E-state index is 0.373. The number of fused-ring (bicyclic) bond motifs is 1. The number of rotatable bonds is 6.